The van der Waals surface area contributed by atoms with E-state index in [4.69, 9.17) is 27.9 Å². The second-order valence-corrected chi connectivity index (χ2v) is 7.42. The van der Waals surface area contributed by atoms with E-state index in [9.17, 15) is 14.0 Å². The van der Waals surface area contributed by atoms with Crippen molar-refractivity contribution < 1.29 is 18.7 Å². The third-order valence-corrected chi connectivity index (χ3v) is 5.04. The lowest BCUT2D eigenvalue weighted by Crippen LogP contribution is -2.51. The minimum absolute atomic E-state index is 0.112. The highest BCUT2D eigenvalue weighted by Gasteiger charge is 2.23. The molecule has 1 fully saturated rings. The number of carbonyl (C=O) groups excluding carboxylic acids is 2. The number of amides is 2. The number of rotatable bonds is 6. The zero-order chi connectivity index (χ0) is 20.8. The van der Waals surface area contributed by atoms with Crippen molar-refractivity contribution in [2.24, 2.45) is 0 Å². The van der Waals surface area contributed by atoms with Crippen LogP contribution in [-0.2, 0) is 9.59 Å². The highest BCUT2D eigenvalue weighted by Crippen LogP contribution is 2.25. The van der Waals surface area contributed by atoms with Gasteiger partial charge >= 0.3 is 0 Å². The Hall–Kier alpha value is -2.35. The van der Waals surface area contributed by atoms with Crippen molar-refractivity contribution in [3.63, 3.8) is 0 Å². The number of piperazine rings is 1. The van der Waals surface area contributed by atoms with Crippen molar-refractivity contribution in [1.29, 1.82) is 0 Å². The molecule has 0 atom stereocenters. The first-order chi connectivity index (χ1) is 13.9. The molecule has 0 radical (unpaired) electrons. The minimum Gasteiger partial charge on any atom is -0.484 e. The van der Waals surface area contributed by atoms with Gasteiger partial charge in [0.05, 0.1) is 17.3 Å². The van der Waals surface area contributed by atoms with E-state index in [1.165, 1.54) is 24.3 Å². The molecule has 2 amide bonds. The van der Waals surface area contributed by atoms with Gasteiger partial charge in [-0.1, -0.05) is 23.2 Å². The average Bonchev–Trinajstić information content (AvgIpc) is 2.70. The van der Waals surface area contributed by atoms with Crippen molar-refractivity contribution in [2.75, 3.05) is 44.6 Å². The first-order valence-corrected chi connectivity index (χ1v) is 9.80. The molecular formula is C20H20Cl2FN3O3. The highest BCUT2D eigenvalue weighted by atomic mass is 35.5. The Balaban J connectivity index is 1.41. The van der Waals surface area contributed by atoms with Gasteiger partial charge in [0.2, 0.25) is 5.91 Å². The molecule has 1 aliphatic heterocycles. The number of hydrogen-bond donors (Lipinski definition) is 1. The third-order valence-electron chi connectivity index (χ3n) is 4.47. The maximum Gasteiger partial charge on any atom is 0.260 e. The SMILES string of the molecule is O=C(CN1CCN(C(=O)COc2ccc(F)cc2)CC1)Nc1cc(Cl)ccc1Cl. The smallest absolute Gasteiger partial charge is 0.260 e. The Morgan fingerprint density at radius 3 is 2.41 bits per heavy atom. The van der Waals surface area contributed by atoms with Gasteiger partial charge < -0.3 is 15.0 Å². The van der Waals surface area contributed by atoms with Crippen molar-refractivity contribution in [2.45, 2.75) is 0 Å². The monoisotopic (exact) mass is 439 g/mol. The molecular weight excluding hydrogens is 420 g/mol. The molecule has 3 rings (SSSR count). The van der Waals surface area contributed by atoms with Crippen molar-refractivity contribution in [3.05, 3.63) is 58.3 Å². The topological polar surface area (TPSA) is 61.9 Å². The van der Waals surface area contributed by atoms with Gasteiger partial charge in [-0.05, 0) is 42.5 Å². The molecule has 0 spiro atoms. The van der Waals surface area contributed by atoms with Gasteiger partial charge in [-0.15, -0.1) is 0 Å². The summed E-state index contributed by atoms with van der Waals surface area (Å²) in [4.78, 5) is 28.2. The van der Waals surface area contributed by atoms with Gasteiger partial charge in [-0.2, -0.15) is 0 Å². The van der Waals surface area contributed by atoms with E-state index in [1.807, 2.05) is 4.90 Å². The lowest BCUT2D eigenvalue weighted by molar-refractivity contribution is -0.135. The van der Waals surface area contributed by atoms with Crippen LogP contribution in [0, 0.1) is 5.82 Å². The lowest BCUT2D eigenvalue weighted by atomic mass is 10.3. The molecule has 0 aliphatic carbocycles. The maximum absolute atomic E-state index is 12.9. The molecule has 0 bridgehead atoms. The van der Waals surface area contributed by atoms with Crippen LogP contribution in [0.2, 0.25) is 10.0 Å². The number of hydrogen-bond acceptors (Lipinski definition) is 4. The van der Waals surface area contributed by atoms with Crippen LogP contribution < -0.4 is 10.1 Å². The van der Waals surface area contributed by atoms with Gasteiger partial charge in [-0.3, -0.25) is 14.5 Å². The molecule has 1 aliphatic rings. The summed E-state index contributed by atoms with van der Waals surface area (Å²) in [6.07, 6.45) is 0. The van der Waals surface area contributed by atoms with Crippen LogP contribution in [-0.4, -0.2) is 60.9 Å². The van der Waals surface area contributed by atoms with Crippen LogP contribution in [0.5, 0.6) is 5.75 Å². The molecule has 1 saturated heterocycles. The molecule has 0 aromatic heterocycles. The summed E-state index contributed by atoms with van der Waals surface area (Å²) in [6, 6.07) is 10.4. The standard InChI is InChI=1S/C20H20Cl2FN3O3/c21-14-1-6-17(22)18(11-14)24-19(27)12-25-7-9-26(10-8-25)20(28)13-29-16-4-2-15(23)3-5-16/h1-6,11H,7-10,12-13H2,(H,24,27). The Bertz CT molecular complexity index is 872. The van der Waals surface area contributed by atoms with E-state index < -0.39 is 0 Å². The molecule has 9 heteroatoms. The number of ether oxygens (including phenoxy) is 1. The van der Waals surface area contributed by atoms with E-state index in [2.05, 4.69) is 5.32 Å². The number of carbonyl (C=O) groups is 2. The predicted molar refractivity (Wildman–Crippen MR) is 110 cm³/mol. The summed E-state index contributed by atoms with van der Waals surface area (Å²) in [7, 11) is 0. The Kier molecular flexibility index (Phi) is 7.30. The Morgan fingerprint density at radius 1 is 1.03 bits per heavy atom. The van der Waals surface area contributed by atoms with Crippen LogP contribution in [0.3, 0.4) is 0 Å². The van der Waals surface area contributed by atoms with E-state index in [1.54, 1.807) is 23.1 Å². The van der Waals surface area contributed by atoms with Crippen LogP contribution in [0.25, 0.3) is 0 Å². The molecule has 154 valence electrons. The molecule has 6 nitrogen and oxygen atoms in total. The predicted octanol–water partition coefficient (Wildman–Crippen LogP) is 3.29. The van der Waals surface area contributed by atoms with Gasteiger partial charge in [0, 0.05) is 31.2 Å². The normalized spacial score (nSPS) is 14.5. The fraction of sp³-hybridized carbons (Fsp3) is 0.300. The van der Waals surface area contributed by atoms with Crippen molar-refractivity contribution in [1.82, 2.24) is 9.80 Å². The van der Waals surface area contributed by atoms with Crippen LogP contribution in [0.4, 0.5) is 10.1 Å². The minimum atomic E-state index is -0.360. The van der Waals surface area contributed by atoms with Crippen LogP contribution in [0.1, 0.15) is 0 Å². The zero-order valence-corrected chi connectivity index (χ0v) is 17.0. The van der Waals surface area contributed by atoms with Crippen molar-refractivity contribution >= 4 is 40.7 Å². The second kappa shape index (κ2) is 9.91. The van der Waals surface area contributed by atoms with Gasteiger partial charge in [0.15, 0.2) is 6.61 Å². The summed E-state index contributed by atoms with van der Waals surface area (Å²) in [5.41, 5.74) is 0.468. The van der Waals surface area contributed by atoms with E-state index >= 15 is 0 Å². The van der Waals surface area contributed by atoms with Gasteiger partial charge in [-0.25, -0.2) is 4.39 Å². The first kappa shape index (κ1) is 21.4. The van der Waals surface area contributed by atoms with Gasteiger partial charge in [0.25, 0.3) is 5.91 Å². The number of halogens is 3. The quantitative estimate of drug-likeness (QED) is 0.749. The van der Waals surface area contributed by atoms with Gasteiger partial charge in [0.1, 0.15) is 11.6 Å². The van der Waals surface area contributed by atoms with E-state index in [-0.39, 0.29) is 30.8 Å². The molecule has 1 heterocycles. The summed E-state index contributed by atoms with van der Waals surface area (Å²) in [5.74, 6) is -0.270. The van der Waals surface area contributed by atoms with Crippen LogP contribution in [0.15, 0.2) is 42.5 Å². The maximum atomic E-state index is 12.9. The summed E-state index contributed by atoms with van der Waals surface area (Å²) < 4.78 is 18.3. The second-order valence-electron chi connectivity index (χ2n) is 6.57. The lowest BCUT2D eigenvalue weighted by Gasteiger charge is -2.34. The average molecular weight is 440 g/mol. The first-order valence-electron chi connectivity index (χ1n) is 9.04. The number of anilines is 1. The summed E-state index contributed by atoms with van der Waals surface area (Å²) in [5, 5.41) is 3.65. The van der Waals surface area contributed by atoms with Crippen molar-refractivity contribution in [3.8, 4) is 5.75 Å². The van der Waals surface area contributed by atoms with E-state index in [0.29, 0.717) is 47.7 Å². The number of nitrogens with zero attached hydrogens (tertiary/aromatic N) is 2. The molecule has 0 saturated carbocycles. The summed E-state index contributed by atoms with van der Waals surface area (Å²) >= 11 is 12.0. The van der Waals surface area contributed by atoms with Crippen LogP contribution >= 0.6 is 23.2 Å². The molecule has 29 heavy (non-hydrogen) atoms. The largest absolute Gasteiger partial charge is 0.484 e. The molecule has 2 aromatic rings. The number of benzene rings is 2. The Morgan fingerprint density at radius 2 is 1.72 bits per heavy atom. The molecule has 1 N–H and O–H groups in total. The highest BCUT2D eigenvalue weighted by molar-refractivity contribution is 6.35. The fourth-order valence-electron chi connectivity index (χ4n) is 2.91. The van der Waals surface area contributed by atoms with E-state index in [0.717, 1.165) is 0 Å². The molecule has 2 aromatic carbocycles. The molecule has 0 unspecified atom stereocenters. The fourth-order valence-corrected chi connectivity index (χ4v) is 3.25. The number of nitrogens with one attached hydrogen (secondary N) is 1. The Labute approximate surface area is 178 Å². The zero-order valence-electron chi connectivity index (χ0n) is 15.5. The third kappa shape index (κ3) is 6.32. The summed E-state index contributed by atoms with van der Waals surface area (Å²) in [6.45, 7) is 2.21.